The van der Waals surface area contributed by atoms with Crippen LogP contribution in [0.3, 0.4) is 0 Å². The van der Waals surface area contributed by atoms with E-state index in [1.54, 1.807) is 0 Å². The first-order chi connectivity index (χ1) is 11.7. The lowest BCUT2D eigenvalue weighted by Gasteiger charge is -1.97. The molecule has 0 fully saturated rings. The summed E-state index contributed by atoms with van der Waals surface area (Å²) in [6, 6.07) is 6.06. The van der Waals surface area contributed by atoms with Crippen molar-refractivity contribution >= 4 is 23.6 Å². The maximum atomic E-state index is 10.4. The number of carbonyl (C=O) groups is 2. The van der Waals surface area contributed by atoms with Crippen LogP contribution < -0.4 is 0 Å². The van der Waals surface area contributed by atoms with Gasteiger partial charge in [-0.05, 0) is 12.1 Å². The van der Waals surface area contributed by atoms with Gasteiger partial charge < -0.3 is 15.3 Å². The SMILES string of the molecule is O=C(O)c1cc([N+](=O)[O-])ccc1O.O=Cc1cc([N+](=O)[O-])ccc1O. The molecule has 25 heavy (non-hydrogen) atoms. The number of nitrogens with zero attached hydrogens (tertiary/aromatic N) is 2. The highest BCUT2D eigenvalue weighted by molar-refractivity contribution is 5.91. The largest absolute Gasteiger partial charge is 0.507 e. The molecule has 0 atom stereocenters. The number of nitro groups is 2. The molecule has 0 unspecified atom stereocenters. The molecule has 0 saturated heterocycles. The average molecular weight is 350 g/mol. The van der Waals surface area contributed by atoms with Crippen LogP contribution in [0, 0.1) is 20.2 Å². The van der Waals surface area contributed by atoms with E-state index < -0.39 is 27.1 Å². The third-order valence-corrected chi connectivity index (χ3v) is 2.77. The summed E-state index contributed by atoms with van der Waals surface area (Å²) in [6.07, 6.45) is 0.363. The Labute approximate surface area is 138 Å². The number of aromatic carboxylic acids is 1. The first-order valence-electron chi connectivity index (χ1n) is 6.30. The molecule has 3 N–H and O–H groups in total. The van der Waals surface area contributed by atoms with Crippen molar-refractivity contribution in [1.82, 2.24) is 0 Å². The van der Waals surface area contributed by atoms with Crippen molar-refractivity contribution in [3.05, 3.63) is 67.8 Å². The molecule has 11 heteroatoms. The molecule has 130 valence electrons. The van der Waals surface area contributed by atoms with E-state index in [1.807, 2.05) is 0 Å². The fraction of sp³-hybridized carbons (Fsp3) is 0. The van der Waals surface area contributed by atoms with Gasteiger partial charge in [0.2, 0.25) is 0 Å². The average Bonchev–Trinajstić information content (AvgIpc) is 2.55. The lowest BCUT2D eigenvalue weighted by molar-refractivity contribution is -0.385. The number of hydrogen-bond donors (Lipinski definition) is 3. The second-order valence-corrected chi connectivity index (χ2v) is 4.38. The van der Waals surface area contributed by atoms with E-state index in [9.17, 15) is 29.8 Å². The lowest BCUT2D eigenvalue weighted by Crippen LogP contribution is -1.98. The summed E-state index contributed by atoms with van der Waals surface area (Å²) in [5, 5.41) is 46.8. The van der Waals surface area contributed by atoms with Crippen LogP contribution in [0.15, 0.2) is 36.4 Å². The molecular formula is C14H10N2O9. The topological polar surface area (TPSA) is 181 Å². The van der Waals surface area contributed by atoms with Crippen LogP contribution >= 0.6 is 0 Å². The van der Waals surface area contributed by atoms with E-state index >= 15 is 0 Å². The molecule has 2 aromatic rings. The van der Waals surface area contributed by atoms with E-state index in [-0.39, 0.29) is 22.7 Å². The van der Waals surface area contributed by atoms with Gasteiger partial charge in [-0.15, -0.1) is 0 Å². The van der Waals surface area contributed by atoms with Crippen LogP contribution in [0.2, 0.25) is 0 Å². The summed E-state index contributed by atoms with van der Waals surface area (Å²) in [4.78, 5) is 39.7. The molecular weight excluding hydrogens is 340 g/mol. The molecule has 0 aliphatic heterocycles. The second kappa shape index (κ2) is 8.01. The molecule has 0 saturated carbocycles. The van der Waals surface area contributed by atoms with Crippen molar-refractivity contribution in [2.45, 2.75) is 0 Å². The van der Waals surface area contributed by atoms with Gasteiger partial charge in [-0.1, -0.05) is 0 Å². The van der Waals surface area contributed by atoms with E-state index in [0.29, 0.717) is 6.29 Å². The van der Waals surface area contributed by atoms with Gasteiger partial charge in [-0.2, -0.15) is 0 Å². The second-order valence-electron chi connectivity index (χ2n) is 4.38. The minimum Gasteiger partial charge on any atom is -0.507 e. The van der Waals surface area contributed by atoms with Gasteiger partial charge in [0.1, 0.15) is 17.1 Å². The standard InChI is InChI=1S/C7H5NO5.C7H5NO4/c9-6-2-1-4(8(12)13)3-5(6)7(10)11;9-4-5-3-6(8(11)12)1-2-7(5)10/h1-3,9H,(H,10,11);1-4,10H. The minimum atomic E-state index is -1.40. The predicted molar refractivity (Wildman–Crippen MR) is 81.9 cm³/mol. The molecule has 0 amide bonds. The summed E-state index contributed by atoms with van der Waals surface area (Å²) in [6.45, 7) is 0. The van der Waals surface area contributed by atoms with Crippen molar-refractivity contribution in [2.75, 3.05) is 0 Å². The van der Waals surface area contributed by atoms with Crippen molar-refractivity contribution in [3.8, 4) is 11.5 Å². The summed E-state index contributed by atoms with van der Waals surface area (Å²) in [5.74, 6) is -2.14. The number of aldehydes is 1. The van der Waals surface area contributed by atoms with Crippen LogP contribution in [0.25, 0.3) is 0 Å². The number of phenolic OH excluding ortho intramolecular Hbond substituents is 1. The van der Waals surface area contributed by atoms with Crippen LogP contribution in [0.4, 0.5) is 11.4 Å². The zero-order valence-corrected chi connectivity index (χ0v) is 12.2. The Morgan fingerprint density at radius 1 is 0.920 bits per heavy atom. The van der Waals surface area contributed by atoms with Crippen LogP contribution in [0.1, 0.15) is 20.7 Å². The van der Waals surface area contributed by atoms with Gasteiger partial charge in [0.15, 0.2) is 6.29 Å². The molecule has 0 spiro atoms. The number of carboxylic acids is 1. The van der Waals surface area contributed by atoms with E-state index in [0.717, 1.165) is 36.4 Å². The minimum absolute atomic E-state index is 0.0794. The van der Waals surface area contributed by atoms with Gasteiger partial charge in [0.05, 0.1) is 15.4 Å². The Hall–Kier alpha value is -4.02. The predicted octanol–water partition coefficient (Wildman–Crippen LogP) is 2.11. The van der Waals surface area contributed by atoms with Crippen molar-refractivity contribution < 1.29 is 34.8 Å². The molecule has 0 bridgehead atoms. The molecule has 0 radical (unpaired) electrons. The third-order valence-electron chi connectivity index (χ3n) is 2.77. The first-order valence-corrected chi connectivity index (χ1v) is 6.30. The Morgan fingerprint density at radius 2 is 1.40 bits per heavy atom. The van der Waals surface area contributed by atoms with Crippen molar-refractivity contribution in [1.29, 1.82) is 0 Å². The number of carbonyl (C=O) groups excluding carboxylic acids is 1. The highest BCUT2D eigenvalue weighted by Crippen LogP contribution is 2.22. The Kier molecular flexibility index (Phi) is 6.09. The number of benzene rings is 2. The van der Waals surface area contributed by atoms with Gasteiger partial charge in [-0.3, -0.25) is 25.0 Å². The molecule has 0 aromatic heterocycles. The van der Waals surface area contributed by atoms with Gasteiger partial charge in [0.25, 0.3) is 11.4 Å². The van der Waals surface area contributed by atoms with Crippen molar-refractivity contribution in [3.63, 3.8) is 0 Å². The van der Waals surface area contributed by atoms with Gasteiger partial charge in [0, 0.05) is 24.3 Å². The fourth-order valence-corrected chi connectivity index (χ4v) is 1.56. The maximum Gasteiger partial charge on any atom is 0.339 e. The Bertz CT molecular complexity index is 848. The number of nitro benzene ring substituents is 2. The zero-order chi connectivity index (χ0) is 19.1. The summed E-state index contributed by atoms with van der Waals surface area (Å²) in [5.41, 5.74) is -1.14. The van der Waals surface area contributed by atoms with E-state index in [1.165, 1.54) is 0 Å². The number of aromatic hydroxyl groups is 2. The molecule has 2 aromatic carbocycles. The molecule has 2 rings (SSSR count). The smallest absolute Gasteiger partial charge is 0.339 e. The van der Waals surface area contributed by atoms with E-state index in [2.05, 4.69) is 0 Å². The van der Waals surface area contributed by atoms with E-state index in [4.69, 9.17) is 15.3 Å². The highest BCUT2D eigenvalue weighted by atomic mass is 16.6. The monoisotopic (exact) mass is 350 g/mol. The number of phenols is 2. The molecule has 0 heterocycles. The third kappa shape index (κ3) is 4.99. The van der Waals surface area contributed by atoms with Gasteiger partial charge in [-0.25, -0.2) is 4.79 Å². The zero-order valence-electron chi connectivity index (χ0n) is 12.2. The molecule has 11 nitrogen and oxygen atoms in total. The number of carboxylic acid groups (broad SMARTS) is 1. The summed E-state index contributed by atoms with van der Waals surface area (Å²) in [7, 11) is 0. The number of hydrogen-bond acceptors (Lipinski definition) is 8. The first kappa shape index (κ1) is 19.0. The van der Waals surface area contributed by atoms with Crippen LogP contribution in [0.5, 0.6) is 11.5 Å². The lowest BCUT2D eigenvalue weighted by atomic mass is 10.2. The van der Waals surface area contributed by atoms with Gasteiger partial charge >= 0.3 is 5.97 Å². The van der Waals surface area contributed by atoms with Crippen LogP contribution in [-0.4, -0.2) is 37.4 Å². The summed E-state index contributed by atoms with van der Waals surface area (Å²) < 4.78 is 0. The fourth-order valence-electron chi connectivity index (χ4n) is 1.56. The highest BCUT2D eigenvalue weighted by Gasteiger charge is 2.14. The number of non-ortho nitro benzene ring substituents is 2. The molecule has 0 aliphatic carbocycles. The normalized spacial score (nSPS) is 9.44. The number of rotatable bonds is 4. The Morgan fingerprint density at radius 3 is 1.84 bits per heavy atom. The Balaban J connectivity index is 0.000000251. The molecule has 0 aliphatic rings. The van der Waals surface area contributed by atoms with Crippen LogP contribution in [-0.2, 0) is 0 Å². The maximum absolute atomic E-state index is 10.4. The summed E-state index contributed by atoms with van der Waals surface area (Å²) >= 11 is 0. The quantitative estimate of drug-likeness (QED) is 0.422. The van der Waals surface area contributed by atoms with Crippen molar-refractivity contribution in [2.24, 2.45) is 0 Å².